The number of methoxy groups -OCH3 is 1. The van der Waals surface area contributed by atoms with Crippen LogP contribution in [-0.4, -0.2) is 12.1 Å². The Bertz CT molecular complexity index is 589. The first kappa shape index (κ1) is 15.0. The molecule has 0 fully saturated rings. The third-order valence-electron chi connectivity index (χ3n) is 3.29. The quantitative estimate of drug-likeness (QED) is 0.651. The van der Waals surface area contributed by atoms with E-state index < -0.39 is 0 Å². The number of hydrogen-bond donors (Lipinski definition) is 2. The Morgan fingerprint density at radius 3 is 2.85 bits per heavy atom. The Kier molecular flexibility index (Phi) is 5.11. The first-order chi connectivity index (χ1) is 9.65. The molecule has 1 heterocycles. The van der Waals surface area contributed by atoms with Gasteiger partial charge in [0.1, 0.15) is 5.75 Å². The van der Waals surface area contributed by atoms with E-state index in [-0.39, 0.29) is 6.04 Å². The van der Waals surface area contributed by atoms with Crippen LogP contribution < -0.4 is 16.0 Å². The fourth-order valence-electron chi connectivity index (χ4n) is 2.25. The second kappa shape index (κ2) is 6.83. The first-order valence-corrected chi connectivity index (χ1v) is 7.15. The minimum Gasteiger partial charge on any atom is -0.496 e. The van der Waals surface area contributed by atoms with Gasteiger partial charge in [0.05, 0.1) is 13.2 Å². The van der Waals surface area contributed by atoms with Gasteiger partial charge in [-0.15, -0.1) is 0 Å². The number of benzene rings is 1. The van der Waals surface area contributed by atoms with Crippen LogP contribution in [0.1, 0.15) is 22.9 Å². The zero-order valence-electron chi connectivity index (χ0n) is 11.6. The van der Waals surface area contributed by atoms with Crippen molar-refractivity contribution in [1.82, 2.24) is 10.4 Å². The maximum Gasteiger partial charge on any atom is 0.122 e. The number of rotatable bonds is 5. The number of halogens is 1. The van der Waals surface area contributed by atoms with Crippen molar-refractivity contribution in [3.8, 4) is 5.75 Å². The molecular weight excluding hydrogens is 318 g/mol. The number of pyridine rings is 1. The minimum absolute atomic E-state index is 0.00750. The second-order valence-electron chi connectivity index (χ2n) is 4.56. The maximum absolute atomic E-state index is 5.72. The molecule has 0 bridgehead atoms. The van der Waals surface area contributed by atoms with Gasteiger partial charge in [-0.2, -0.15) is 0 Å². The highest BCUT2D eigenvalue weighted by molar-refractivity contribution is 9.10. The van der Waals surface area contributed by atoms with E-state index >= 15 is 0 Å². The lowest BCUT2D eigenvalue weighted by atomic mass is 9.98. The van der Waals surface area contributed by atoms with E-state index in [2.05, 4.69) is 32.4 Å². The molecule has 0 saturated heterocycles. The molecule has 2 rings (SSSR count). The monoisotopic (exact) mass is 335 g/mol. The number of nitrogens with two attached hydrogens (primary N) is 1. The van der Waals surface area contributed by atoms with Crippen molar-refractivity contribution >= 4 is 15.9 Å². The van der Waals surface area contributed by atoms with E-state index in [1.807, 2.05) is 31.2 Å². The largest absolute Gasteiger partial charge is 0.496 e. The predicted molar refractivity (Wildman–Crippen MR) is 83.4 cm³/mol. The number of aromatic nitrogens is 1. The van der Waals surface area contributed by atoms with Crippen LogP contribution >= 0.6 is 15.9 Å². The molecule has 1 unspecified atom stereocenters. The van der Waals surface area contributed by atoms with Crippen LogP contribution in [-0.2, 0) is 6.42 Å². The molecule has 0 spiro atoms. The standard InChI is InChI=1S/C15H18BrN3O/c1-10-13(4-3-7-18-10)14(19-17)9-11-8-12(16)5-6-15(11)20-2/h3-8,14,19H,9,17H2,1-2H3. The highest BCUT2D eigenvalue weighted by Gasteiger charge is 2.16. The van der Waals surface area contributed by atoms with E-state index in [0.717, 1.165) is 33.5 Å². The van der Waals surface area contributed by atoms with Crippen LogP contribution in [0.5, 0.6) is 5.75 Å². The molecule has 0 aliphatic carbocycles. The lowest BCUT2D eigenvalue weighted by Gasteiger charge is -2.19. The molecule has 0 radical (unpaired) electrons. The highest BCUT2D eigenvalue weighted by atomic mass is 79.9. The van der Waals surface area contributed by atoms with Crippen LogP contribution in [0.2, 0.25) is 0 Å². The topological polar surface area (TPSA) is 60.2 Å². The Morgan fingerprint density at radius 1 is 1.40 bits per heavy atom. The summed E-state index contributed by atoms with van der Waals surface area (Å²) >= 11 is 3.49. The Hall–Kier alpha value is -1.43. The lowest BCUT2D eigenvalue weighted by molar-refractivity contribution is 0.405. The van der Waals surface area contributed by atoms with Crippen LogP contribution in [0.3, 0.4) is 0 Å². The third-order valence-corrected chi connectivity index (χ3v) is 3.78. The summed E-state index contributed by atoms with van der Waals surface area (Å²) in [7, 11) is 1.67. The zero-order valence-corrected chi connectivity index (χ0v) is 13.1. The van der Waals surface area contributed by atoms with Crippen molar-refractivity contribution in [1.29, 1.82) is 0 Å². The van der Waals surface area contributed by atoms with Gasteiger partial charge in [-0.1, -0.05) is 22.0 Å². The van der Waals surface area contributed by atoms with Crippen molar-refractivity contribution in [2.45, 2.75) is 19.4 Å². The molecule has 1 aromatic carbocycles. The number of hydrogen-bond acceptors (Lipinski definition) is 4. The van der Waals surface area contributed by atoms with Crippen molar-refractivity contribution in [3.05, 3.63) is 57.8 Å². The van der Waals surface area contributed by atoms with Gasteiger partial charge in [-0.25, -0.2) is 0 Å². The summed E-state index contributed by atoms with van der Waals surface area (Å²) in [5, 5.41) is 0. The second-order valence-corrected chi connectivity index (χ2v) is 5.47. The van der Waals surface area contributed by atoms with Gasteiger partial charge in [0.2, 0.25) is 0 Å². The summed E-state index contributed by atoms with van der Waals surface area (Å²) < 4.78 is 6.43. The van der Waals surface area contributed by atoms with Gasteiger partial charge in [-0.05, 0) is 48.7 Å². The first-order valence-electron chi connectivity index (χ1n) is 6.35. The van der Waals surface area contributed by atoms with Crippen LogP contribution in [0.15, 0.2) is 41.0 Å². The Balaban J connectivity index is 2.31. The lowest BCUT2D eigenvalue weighted by Crippen LogP contribution is -2.30. The summed E-state index contributed by atoms with van der Waals surface area (Å²) in [6, 6.07) is 9.91. The van der Waals surface area contributed by atoms with Gasteiger partial charge in [0.15, 0.2) is 0 Å². The summed E-state index contributed by atoms with van der Waals surface area (Å²) in [6.45, 7) is 1.98. The van der Waals surface area contributed by atoms with Crippen molar-refractivity contribution < 1.29 is 4.74 Å². The third kappa shape index (κ3) is 3.36. The molecule has 1 aromatic heterocycles. The number of nitrogens with one attached hydrogen (secondary N) is 1. The molecule has 0 saturated carbocycles. The molecular formula is C15H18BrN3O. The molecule has 5 heteroatoms. The van der Waals surface area contributed by atoms with E-state index in [1.54, 1.807) is 13.3 Å². The number of aryl methyl sites for hydroxylation is 1. The van der Waals surface area contributed by atoms with Gasteiger partial charge < -0.3 is 4.74 Å². The Morgan fingerprint density at radius 2 is 2.20 bits per heavy atom. The predicted octanol–water partition coefficient (Wildman–Crippen LogP) is 2.91. The summed E-state index contributed by atoms with van der Waals surface area (Å²) in [6.07, 6.45) is 2.51. The van der Waals surface area contributed by atoms with Gasteiger partial charge in [0.25, 0.3) is 0 Å². The molecule has 2 aromatic rings. The smallest absolute Gasteiger partial charge is 0.122 e. The fourth-order valence-corrected chi connectivity index (χ4v) is 2.66. The van der Waals surface area contributed by atoms with Crippen molar-refractivity contribution in [3.63, 3.8) is 0 Å². The van der Waals surface area contributed by atoms with Crippen LogP contribution in [0.25, 0.3) is 0 Å². The van der Waals surface area contributed by atoms with E-state index in [0.29, 0.717) is 0 Å². The van der Waals surface area contributed by atoms with Crippen LogP contribution in [0, 0.1) is 6.92 Å². The SMILES string of the molecule is COc1ccc(Br)cc1CC(NN)c1cccnc1C. The Labute approximate surface area is 127 Å². The summed E-state index contributed by atoms with van der Waals surface area (Å²) in [5.41, 5.74) is 6.03. The van der Waals surface area contributed by atoms with Crippen LogP contribution in [0.4, 0.5) is 0 Å². The number of ether oxygens (including phenoxy) is 1. The number of hydrazine groups is 1. The minimum atomic E-state index is -0.00750. The molecule has 106 valence electrons. The summed E-state index contributed by atoms with van der Waals surface area (Å²) in [5.74, 6) is 6.58. The molecule has 3 N–H and O–H groups in total. The molecule has 20 heavy (non-hydrogen) atoms. The van der Waals surface area contributed by atoms with Gasteiger partial charge in [0, 0.05) is 16.4 Å². The van der Waals surface area contributed by atoms with Crippen molar-refractivity contribution in [2.75, 3.05) is 7.11 Å². The molecule has 0 aliphatic heterocycles. The fraction of sp³-hybridized carbons (Fsp3) is 0.267. The molecule has 1 atom stereocenters. The maximum atomic E-state index is 5.72. The highest BCUT2D eigenvalue weighted by Crippen LogP contribution is 2.28. The molecule has 4 nitrogen and oxygen atoms in total. The van der Waals surface area contributed by atoms with E-state index in [4.69, 9.17) is 10.6 Å². The zero-order chi connectivity index (χ0) is 14.5. The van der Waals surface area contributed by atoms with E-state index in [9.17, 15) is 0 Å². The molecule has 0 amide bonds. The average molecular weight is 336 g/mol. The van der Waals surface area contributed by atoms with Gasteiger partial charge >= 0.3 is 0 Å². The van der Waals surface area contributed by atoms with Crippen molar-refractivity contribution in [2.24, 2.45) is 5.84 Å². The molecule has 0 aliphatic rings. The van der Waals surface area contributed by atoms with E-state index in [1.165, 1.54) is 0 Å². The normalized spacial score (nSPS) is 12.2. The average Bonchev–Trinajstić information content (AvgIpc) is 2.46. The summed E-state index contributed by atoms with van der Waals surface area (Å²) in [4.78, 5) is 4.31. The number of nitrogens with zero attached hydrogens (tertiary/aromatic N) is 1. The van der Waals surface area contributed by atoms with Gasteiger partial charge in [-0.3, -0.25) is 16.3 Å².